The average Bonchev–Trinajstić information content (AvgIpc) is 2.69. The highest BCUT2D eigenvalue weighted by atomic mass is 14.9. The van der Waals surface area contributed by atoms with Crippen LogP contribution < -0.4 is 5.32 Å². The molecule has 104 valence electrons. The van der Waals surface area contributed by atoms with Crippen molar-refractivity contribution in [3.05, 3.63) is 53.4 Å². The molecule has 2 heterocycles. The average molecular weight is 268 g/mol. The Labute approximate surface area is 119 Å². The fourth-order valence-electron chi connectivity index (χ4n) is 2.82. The van der Waals surface area contributed by atoms with E-state index >= 15 is 0 Å². The van der Waals surface area contributed by atoms with Crippen LogP contribution in [0.3, 0.4) is 0 Å². The molecule has 4 heteroatoms. The monoisotopic (exact) mass is 268 g/mol. The molecular weight excluding hydrogens is 248 g/mol. The van der Waals surface area contributed by atoms with Gasteiger partial charge < -0.3 is 5.32 Å². The van der Waals surface area contributed by atoms with Crippen LogP contribution in [0.2, 0.25) is 0 Å². The summed E-state index contributed by atoms with van der Waals surface area (Å²) >= 11 is 0. The van der Waals surface area contributed by atoms with E-state index in [0.29, 0.717) is 6.04 Å². The molecule has 1 N–H and O–H groups in total. The Morgan fingerprint density at radius 3 is 2.90 bits per heavy atom. The van der Waals surface area contributed by atoms with Gasteiger partial charge in [0.25, 0.3) is 0 Å². The van der Waals surface area contributed by atoms with Gasteiger partial charge in [-0.1, -0.05) is 6.42 Å². The van der Waals surface area contributed by atoms with E-state index in [-0.39, 0.29) is 0 Å². The summed E-state index contributed by atoms with van der Waals surface area (Å²) < 4.78 is 0. The SMILES string of the molecule is CNC1CCCCc2nc(Cc3ccncc3)ncc21. The fraction of sp³-hybridized carbons (Fsp3) is 0.438. The zero-order chi connectivity index (χ0) is 13.8. The summed E-state index contributed by atoms with van der Waals surface area (Å²) in [4.78, 5) is 13.4. The fourth-order valence-corrected chi connectivity index (χ4v) is 2.82. The molecule has 4 nitrogen and oxygen atoms in total. The van der Waals surface area contributed by atoms with E-state index in [4.69, 9.17) is 4.98 Å². The maximum absolute atomic E-state index is 4.80. The normalized spacial score (nSPS) is 18.4. The second kappa shape index (κ2) is 6.09. The van der Waals surface area contributed by atoms with Crippen molar-refractivity contribution in [3.63, 3.8) is 0 Å². The number of aryl methyl sites for hydroxylation is 1. The van der Waals surface area contributed by atoms with Crippen molar-refractivity contribution < 1.29 is 0 Å². The lowest BCUT2D eigenvalue weighted by molar-refractivity contribution is 0.531. The molecule has 0 radical (unpaired) electrons. The molecule has 0 saturated carbocycles. The molecule has 0 aromatic carbocycles. The zero-order valence-corrected chi connectivity index (χ0v) is 11.8. The summed E-state index contributed by atoms with van der Waals surface area (Å²) in [5.41, 5.74) is 3.71. The highest BCUT2D eigenvalue weighted by Crippen LogP contribution is 2.26. The van der Waals surface area contributed by atoms with Gasteiger partial charge in [-0.05, 0) is 44.0 Å². The standard InChI is InChI=1S/C16H20N4/c1-17-14-4-2-3-5-15-13(14)11-19-16(20-15)10-12-6-8-18-9-7-12/h6-9,11,14,17H,2-5,10H2,1H3. The molecule has 0 saturated heterocycles. The smallest absolute Gasteiger partial charge is 0.132 e. The minimum absolute atomic E-state index is 0.405. The molecule has 1 aliphatic carbocycles. The number of hydrogen-bond donors (Lipinski definition) is 1. The summed E-state index contributed by atoms with van der Waals surface area (Å²) in [5, 5.41) is 3.38. The van der Waals surface area contributed by atoms with Gasteiger partial charge >= 0.3 is 0 Å². The van der Waals surface area contributed by atoms with Crippen molar-refractivity contribution in [2.75, 3.05) is 7.05 Å². The lowest BCUT2D eigenvalue weighted by atomic mass is 10.1. The third-order valence-electron chi connectivity index (χ3n) is 3.94. The number of rotatable bonds is 3. The van der Waals surface area contributed by atoms with Crippen molar-refractivity contribution in [2.24, 2.45) is 0 Å². The third-order valence-corrected chi connectivity index (χ3v) is 3.94. The van der Waals surface area contributed by atoms with E-state index in [2.05, 4.69) is 15.3 Å². The highest BCUT2D eigenvalue weighted by Gasteiger charge is 2.19. The molecule has 0 amide bonds. The number of nitrogens with zero attached hydrogens (tertiary/aromatic N) is 3. The summed E-state index contributed by atoms with van der Waals surface area (Å²) in [6.07, 6.45) is 11.1. The lowest BCUT2D eigenvalue weighted by Gasteiger charge is -2.16. The van der Waals surface area contributed by atoms with Crippen LogP contribution in [-0.2, 0) is 12.8 Å². The topological polar surface area (TPSA) is 50.7 Å². The molecule has 20 heavy (non-hydrogen) atoms. The minimum atomic E-state index is 0.405. The van der Waals surface area contributed by atoms with Crippen LogP contribution in [0.5, 0.6) is 0 Å². The van der Waals surface area contributed by atoms with Gasteiger partial charge in [-0.25, -0.2) is 9.97 Å². The summed E-state index contributed by atoms with van der Waals surface area (Å²) in [5.74, 6) is 0.909. The Morgan fingerprint density at radius 2 is 2.10 bits per heavy atom. The third kappa shape index (κ3) is 2.85. The Morgan fingerprint density at radius 1 is 1.25 bits per heavy atom. The van der Waals surface area contributed by atoms with Crippen molar-refractivity contribution >= 4 is 0 Å². The van der Waals surface area contributed by atoms with E-state index in [1.165, 1.54) is 36.1 Å². The molecule has 0 spiro atoms. The van der Waals surface area contributed by atoms with Crippen molar-refractivity contribution in [1.82, 2.24) is 20.3 Å². The number of nitrogens with one attached hydrogen (secondary N) is 1. The molecular formula is C16H20N4. The molecule has 1 unspecified atom stereocenters. The minimum Gasteiger partial charge on any atom is -0.313 e. The number of hydrogen-bond acceptors (Lipinski definition) is 4. The molecule has 2 aromatic rings. The molecule has 0 aliphatic heterocycles. The van der Waals surface area contributed by atoms with E-state index in [0.717, 1.165) is 18.7 Å². The quantitative estimate of drug-likeness (QED) is 0.869. The first-order valence-electron chi connectivity index (χ1n) is 7.27. The maximum Gasteiger partial charge on any atom is 0.132 e. The Hall–Kier alpha value is -1.81. The summed E-state index contributed by atoms with van der Waals surface area (Å²) in [7, 11) is 2.02. The second-order valence-electron chi connectivity index (χ2n) is 5.31. The zero-order valence-electron chi connectivity index (χ0n) is 11.8. The van der Waals surface area contributed by atoms with Crippen molar-refractivity contribution in [2.45, 2.75) is 38.1 Å². The van der Waals surface area contributed by atoms with Crippen LogP contribution >= 0.6 is 0 Å². The van der Waals surface area contributed by atoms with Gasteiger partial charge in [0.1, 0.15) is 5.82 Å². The molecule has 2 aromatic heterocycles. The van der Waals surface area contributed by atoms with Gasteiger partial charge in [0.15, 0.2) is 0 Å². The molecule has 3 rings (SSSR count). The molecule has 1 atom stereocenters. The Kier molecular flexibility index (Phi) is 4.02. The van der Waals surface area contributed by atoms with Crippen molar-refractivity contribution in [1.29, 1.82) is 0 Å². The van der Waals surface area contributed by atoms with Crippen molar-refractivity contribution in [3.8, 4) is 0 Å². The van der Waals surface area contributed by atoms with E-state index in [1.807, 2.05) is 37.8 Å². The van der Waals surface area contributed by atoms with Crippen LogP contribution in [0.4, 0.5) is 0 Å². The first-order chi connectivity index (χ1) is 9.86. The second-order valence-corrected chi connectivity index (χ2v) is 5.31. The van der Waals surface area contributed by atoms with Crippen LogP contribution in [0.1, 0.15) is 47.9 Å². The molecule has 0 fully saturated rings. The Balaban J connectivity index is 1.86. The van der Waals surface area contributed by atoms with Crippen LogP contribution in [0.25, 0.3) is 0 Å². The molecule has 1 aliphatic rings. The van der Waals surface area contributed by atoms with Crippen LogP contribution in [-0.4, -0.2) is 22.0 Å². The summed E-state index contributed by atoms with van der Waals surface area (Å²) in [6.45, 7) is 0. The number of pyridine rings is 1. The van der Waals surface area contributed by atoms with E-state index < -0.39 is 0 Å². The van der Waals surface area contributed by atoms with Gasteiger partial charge in [-0.3, -0.25) is 4.98 Å². The number of fused-ring (bicyclic) bond motifs is 1. The predicted octanol–water partition coefficient (Wildman–Crippen LogP) is 2.45. The van der Waals surface area contributed by atoms with Gasteiger partial charge in [0.05, 0.1) is 0 Å². The lowest BCUT2D eigenvalue weighted by Crippen LogP contribution is -2.18. The van der Waals surface area contributed by atoms with E-state index in [9.17, 15) is 0 Å². The summed E-state index contributed by atoms with van der Waals surface area (Å²) in [6, 6.07) is 4.44. The van der Waals surface area contributed by atoms with Gasteiger partial charge in [0, 0.05) is 42.3 Å². The Bertz CT molecular complexity index is 568. The number of aromatic nitrogens is 3. The van der Waals surface area contributed by atoms with Crippen LogP contribution in [0, 0.1) is 0 Å². The first kappa shape index (κ1) is 13.2. The molecule has 0 bridgehead atoms. The van der Waals surface area contributed by atoms with E-state index in [1.54, 1.807) is 0 Å². The van der Waals surface area contributed by atoms with Gasteiger partial charge in [-0.2, -0.15) is 0 Å². The maximum atomic E-state index is 4.80. The van der Waals surface area contributed by atoms with Gasteiger partial charge in [-0.15, -0.1) is 0 Å². The van der Waals surface area contributed by atoms with Gasteiger partial charge in [0.2, 0.25) is 0 Å². The largest absolute Gasteiger partial charge is 0.313 e. The first-order valence-corrected chi connectivity index (χ1v) is 7.27. The highest BCUT2D eigenvalue weighted by molar-refractivity contribution is 5.25. The van der Waals surface area contributed by atoms with Crippen LogP contribution in [0.15, 0.2) is 30.7 Å². The predicted molar refractivity (Wildman–Crippen MR) is 78.4 cm³/mol.